The maximum absolute atomic E-state index is 6.00. The fourth-order valence-corrected chi connectivity index (χ4v) is 2.19. The Bertz CT molecular complexity index is 788. The highest BCUT2D eigenvalue weighted by atomic mass is 35.5. The van der Waals surface area contributed by atoms with E-state index < -0.39 is 0 Å². The SMILES string of the molecule is COc1cc(N)c2nccc(Oc3ccc(Cl)cc3)c2c1. The van der Waals surface area contributed by atoms with Crippen LogP contribution in [0.25, 0.3) is 10.9 Å². The molecule has 4 nitrogen and oxygen atoms in total. The minimum Gasteiger partial charge on any atom is -0.497 e. The summed E-state index contributed by atoms with van der Waals surface area (Å²) < 4.78 is 11.1. The summed E-state index contributed by atoms with van der Waals surface area (Å²) in [6.45, 7) is 0. The molecule has 0 aliphatic rings. The number of anilines is 1. The Hall–Kier alpha value is -2.46. The lowest BCUT2D eigenvalue weighted by atomic mass is 10.1. The molecule has 106 valence electrons. The van der Waals surface area contributed by atoms with Gasteiger partial charge < -0.3 is 15.2 Å². The number of rotatable bonds is 3. The summed E-state index contributed by atoms with van der Waals surface area (Å²) in [5.74, 6) is 2.01. The van der Waals surface area contributed by atoms with Gasteiger partial charge in [0, 0.05) is 22.7 Å². The standard InChI is InChI=1S/C16H13ClN2O2/c1-20-12-8-13-15(6-7-19-16(13)14(18)9-12)21-11-4-2-10(17)3-5-11/h2-9H,18H2,1H3. The maximum atomic E-state index is 6.00. The van der Waals surface area contributed by atoms with E-state index in [1.807, 2.05) is 6.07 Å². The smallest absolute Gasteiger partial charge is 0.138 e. The molecule has 0 fully saturated rings. The van der Waals surface area contributed by atoms with Crippen LogP contribution in [0.2, 0.25) is 5.02 Å². The van der Waals surface area contributed by atoms with E-state index in [9.17, 15) is 0 Å². The highest BCUT2D eigenvalue weighted by Crippen LogP contribution is 2.34. The highest BCUT2D eigenvalue weighted by Gasteiger charge is 2.09. The molecule has 0 saturated heterocycles. The summed E-state index contributed by atoms with van der Waals surface area (Å²) in [5.41, 5.74) is 7.23. The average Bonchev–Trinajstić information content (AvgIpc) is 2.50. The third kappa shape index (κ3) is 2.71. The van der Waals surface area contributed by atoms with Gasteiger partial charge >= 0.3 is 0 Å². The van der Waals surface area contributed by atoms with Crippen molar-refractivity contribution < 1.29 is 9.47 Å². The lowest BCUT2D eigenvalue weighted by molar-refractivity contribution is 0.415. The lowest BCUT2D eigenvalue weighted by Gasteiger charge is -2.11. The number of hydrogen-bond acceptors (Lipinski definition) is 4. The zero-order valence-corrected chi connectivity index (χ0v) is 12.1. The van der Waals surface area contributed by atoms with Crippen molar-refractivity contribution in [2.75, 3.05) is 12.8 Å². The molecule has 0 bridgehead atoms. The van der Waals surface area contributed by atoms with E-state index in [0.29, 0.717) is 33.5 Å². The Kier molecular flexibility index (Phi) is 3.54. The molecule has 0 atom stereocenters. The number of methoxy groups -OCH3 is 1. The second-order valence-corrected chi connectivity index (χ2v) is 4.91. The lowest BCUT2D eigenvalue weighted by Crippen LogP contribution is -1.94. The second-order valence-electron chi connectivity index (χ2n) is 4.48. The Balaban J connectivity index is 2.09. The van der Waals surface area contributed by atoms with Gasteiger partial charge in [0.25, 0.3) is 0 Å². The zero-order chi connectivity index (χ0) is 14.8. The van der Waals surface area contributed by atoms with Gasteiger partial charge in [-0.3, -0.25) is 4.98 Å². The van der Waals surface area contributed by atoms with Crippen LogP contribution in [-0.4, -0.2) is 12.1 Å². The topological polar surface area (TPSA) is 57.4 Å². The van der Waals surface area contributed by atoms with Gasteiger partial charge in [-0.05, 0) is 36.4 Å². The Morgan fingerprint density at radius 3 is 2.52 bits per heavy atom. The number of aromatic nitrogens is 1. The molecule has 21 heavy (non-hydrogen) atoms. The minimum absolute atomic E-state index is 0.547. The van der Waals surface area contributed by atoms with Gasteiger partial charge in [0.2, 0.25) is 0 Å². The molecule has 0 spiro atoms. The summed E-state index contributed by atoms with van der Waals surface area (Å²) in [7, 11) is 1.59. The van der Waals surface area contributed by atoms with E-state index in [1.165, 1.54) is 0 Å². The van der Waals surface area contributed by atoms with Crippen LogP contribution in [0.4, 0.5) is 5.69 Å². The minimum atomic E-state index is 0.547. The van der Waals surface area contributed by atoms with E-state index in [1.54, 1.807) is 49.7 Å². The second kappa shape index (κ2) is 5.50. The first-order valence-electron chi connectivity index (χ1n) is 6.33. The summed E-state index contributed by atoms with van der Waals surface area (Å²) >= 11 is 5.87. The van der Waals surface area contributed by atoms with Crippen LogP contribution in [0.1, 0.15) is 0 Å². The number of hydrogen-bond donors (Lipinski definition) is 1. The first-order valence-corrected chi connectivity index (χ1v) is 6.71. The molecular weight excluding hydrogens is 288 g/mol. The number of pyridine rings is 1. The fraction of sp³-hybridized carbons (Fsp3) is 0.0625. The predicted octanol–water partition coefficient (Wildman–Crippen LogP) is 4.27. The summed E-state index contributed by atoms with van der Waals surface area (Å²) in [6, 6.07) is 12.5. The third-order valence-electron chi connectivity index (χ3n) is 3.09. The van der Waals surface area contributed by atoms with Crippen molar-refractivity contribution in [1.29, 1.82) is 0 Å². The highest BCUT2D eigenvalue weighted by molar-refractivity contribution is 6.30. The molecule has 1 heterocycles. The van der Waals surface area contributed by atoms with E-state index in [4.69, 9.17) is 26.8 Å². The van der Waals surface area contributed by atoms with Crippen LogP contribution < -0.4 is 15.2 Å². The number of halogens is 1. The quantitative estimate of drug-likeness (QED) is 0.734. The van der Waals surface area contributed by atoms with E-state index in [0.717, 1.165) is 5.39 Å². The Morgan fingerprint density at radius 2 is 1.81 bits per heavy atom. The van der Waals surface area contributed by atoms with E-state index >= 15 is 0 Å². The molecule has 0 saturated carbocycles. The molecule has 0 aliphatic heterocycles. The molecule has 0 unspecified atom stereocenters. The Labute approximate surface area is 127 Å². The van der Waals surface area contributed by atoms with E-state index in [-0.39, 0.29) is 0 Å². The largest absolute Gasteiger partial charge is 0.497 e. The van der Waals surface area contributed by atoms with Crippen molar-refractivity contribution in [3.8, 4) is 17.2 Å². The fourth-order valence-electron chi connectivity index (χ4n) is 2.07. The molecule has 1 aromatic heterocycles. The maximum Gasteiger partial charge on any atom is 0.138 e. The van der Waals surface area contributed by atoms with Gasteiger partial charge in [-0.25, -0.2) is 0 Å². The summed E-state index contributed by atoms with van der Waals surface area (Å²) in [6.07, 6.45) is 1.66. The van der Waals surface area contributed by atoms with Crippen LogP contribution in [0.3, 0.4) is 0 Å². The number of nitrogens with two attached hydrogens (primary N) is 1. The number of nitrogens with zero attached hydrogens (tertiary/aromatic N) is 1. The molecule has 0 amide bonds. The van der Waals surface area contributed by atoms with Crippen molar-refractivity contribution in [3.05, 3.63) is 53.7 Å². The third-order valence-corrected chi connectivity index (χ3v) is 3.34. The van der Waals surface area contributed by atoms with Gasteiger partial charge in [0.05, 0.1) is 18.3 Å². The van der Waals surface area contributed by atoms with Crippen molar-refractivity contribution >= 4 is 28.2 Å². The Morgan fingerprint density at radius 1 is 1.05 bits per heavy atom. The van der Waals surface area contributed by atoms with Crippen LogP contribution in [0.15, 0.2) is 48.7 Å². The molecule has 2 N–H and O–H groups in total. The van der Waals surface area contributed by atoms with Crippen molar-refractivity contribution in [3.63, 3.8) is 0 Å². The van der Waals surface area contributed by atoms with E-state index in [2.05, 4.69) is 4.98 Å². The van der Waals surface area contributed by atoms with Gasteiger partial charge in [-0.1, -0.05) is 11.6 Å². The molecule has 0 aliphatic carbocycles. The normalized spacial score (nSPS) is 10.6. The van der Waals surface area contributed by atoms with Gasteiger partial charge in [0.15, 0.2) is 0 Å². The molecule has 2 aromatic carbocycles. The van der Waals surface area contributed by atoms with Crippen LogP contribution in [0, 0.1) is 0 Å². The van der Waals surface area contributed by atoms with Crippen molar-refractivity contribution in [2.24, 2.45) is 0 Å². The first-order chi connectivity index (χ1) is 10.2. The van der Waals surface area contributed by atoms with Crippen molar-refractivity contribution in [1.82, 2.24) is 4.98 Å². The first kappa shape index (κ1) is 13.5. The van der Waals surface area contributed by atoms with Crippen LogP contribution in [0.5, 0.6) is 17.2 Å². The van der Waals surface area contributed by atoms with Crippen molar-refractivity contribution in [2.45, 2.75) is 0 Å². The van der Waals surface area contributed by atoms with Crippen LogP contribution in [-0.2, 0) is 0 Å². The monoisotopic (exact) mass is 300 g/mol. The summed E-state index contributed by atoms with van der Waals surface area (Å²) in [5, 5.41) is 1.46. The van der Waals surface area contributed by atoms with Gasteiger partial charge in [-0.15, -0.1) is 0 Å². The predicted molar refractivity (Wildman–Crippen MR) is 84.2 cm³/mol. The molecule has 3 aromatic rings. The van der Waals surface area contributed by atoms with Crippen LogP contribution >= 0.6 is 11.6 Å². The molecule has 5 heteroatoms. The van der Waals surface area contributed by atoms with Gasteiger partial charge in [0.1, 0.15) is 17.2 Å². The molecule has 0 radical (unpaired) electrons. The summed E-state index contributed by atoms with van der Waals surface area (Å²) in [4.78, 5) is 4.29. The number of fused-ring (bicyclic) bond motifs is 1. The number of nitrogen functional groups attached to an aromatic ring is 1. The number of ether oxygens (including phenoxy) is 2. The van der Waals surface area contributed by atoms with Gasteiger partial charge in [-0.2, -0.15) is 0 Å². The average molecular weight is 301 g/mol. The number of benzene rings is 2. The molecule has 3 rings (SSSR count). The zero-order valence-electron chi connectivity index (χ0n) is 11.3. The molecular formula is C16H13ClN2O2.